The Hall–Kier alpha value is -0.630. The predicted octanol–water partition coefficient (Wildman–Crippen LogP) is 1.32. The van der Waals surface area contributed by atoms with Gasteiger partial charge in [0.2, 0.25) is 0 Å². The van der Waals surface area contributed by atoms with Crippen molar-refractivity contribution in [1.29, 1.82) is 5.26 Å². The number of hydrogen-bond donors (Lipinski definition) is 1. The van der Waals surface area contributed by atoms with Gasteiger partial charge in [-0.2, -0.15) is 5.26 Å². The van der Waals surface area contributed by atoms with Gasteiger partial charge in [0.25, 0.3) is 0 Å². The summed E-state index contributed by atoms with van der Waals surface area (Å²) in [6.45, 7) is 6.53. The van der Waals surface area contributed by atoms with Crippen molar-refractivity contribution in [2.45, 2.75) is 32.2 Å². The minimum Gasteiger partial charge on any atom is -0.385 e. The molecule has 0 bridgehead atoms. The number of nitriles is 1. The maximum Gasteiger partial charge on any atom is 0.127 e. The first-order valence-corrected chi connectivity index (χ1v) is 5.41. The van der Waals surface area contributed by atoms with Crippen LogP contribution in [0, 0.1) is 11.3 Å². The number of nitrogens with zero attached hydrogens (tertiary/aromatic N) is 1. The zero-order valence-corrected chi connectivity index (χ0v) is 10.0. The molecule has 0 spiro atoms. The Balaban J connectivity index is 3.64. The lowest BCUT2D eigenvalue weighted by Crippen LogP contribution is -2.45. The Labute approximate surface area is 92.6 Å². The topological polar surface area (TPSA) is 54.3 Å². The second-order valence-electron chi connectivity index (χ2n) is 3.77. The number of nitrogens with one attached hydrogen (secondary N) is 1. The van der Waals surface area contributed by atoms with Gasteiger partial charge in [0.15, 0.2) is 0 Å². The molecule has 0 heterocycles. The lowest BCUT2D eigenvalue weighted by atomic mass is 10.1. The van der Waals surface area contributed by atoms with Crippen LogP contribution in [0.15, 0.2) is 0 Å². The summed E-state index contributed by atoms with van der Waals surface area (Å²) >= 11 is 0. The van der Waals surface area contributed by atoms with Crippen LogP contribution in [0.25, 0.3) is 0 Å². The summed E-state index contributed by atoms with van der Waals surface area (Å²) in [4.78, 5) is 0. The minimum atomic E-state index is -0.566. The third kappa shape index (κ3) is 7.32. The molecular weight excluding hydrogens is 192 g/mol. The maximum atomic E-state index is 9.00. The summed E-state index contributed by atoms with van der Waals surface area (Å²) < 4.78 is 10.3. The van der Waals surface area contributed by atoms with E-state index in [0.717, 1.165) is 19.4 Å². The van der Waals surface area contributed by atoms with Crippen molar-refractivity contribution < 1.29 is 9.47 Å². The molecule has 0 saturated heterocycles. The van der Waals surface area contributed by atoms with E-state index in [9.17, 15) is 0 Å². The average molecular weight is 214 g/mol. The number of hydrogen-bond acceptors (Lipinski definition) is 4. The molecule has 4 nitrogen and oxygen atoms in total. The van der Waals surface area contributed by atoms with Gasteiger partial charge >= 0.3 is 0 Å². The highest BCUT2D eigenvalue weighted by atomic mass is 16.5. The standard InChI is InChI=1S/C11H22N2O2/c1-4-6-13-11(2,9-12)10-15-8-5-7-14-3/h13H,4-8,10H2,1-3H3. The van der Waals surface area contributed by atoms with Crippen molar-refractivity contribution >= 4 is 0 Å². The van der Waals surface area contributed by atoms with Crippen LogP contribution < -0.4 is 5.32 Å². The minimum absolute atomic E-state index is 0.424. The van der Waals surface area contributed by atoms with Crippen LogP contribution in [0.4, 0.5) is 0 Å². The summed E-state index contributed by atoms with van der Waals surface area (Å²) in [5.74, 6) is 0. The van der Waals surface area contributed by atoms with Gasteiger partial charge in [0.1, 0.15) is 5.54 Å². The zero-order chi connectivity index (χ0) is 11.6. The summed E-state index contributed by atoms with van der Waals surface area (Å²) in [7, 11) is 1.67. The molecule has 0 saturated carbocycles. The second kappa shape index (κ2) is 8.66. The van der Waals surface area contributed by atoms with Crippen LogP contribution in [0.3, 0.4) is 0 Å². The van der Waals surface area contributed by atoms with Gasteiger partial charge in [-0.15, -0.1) is 0 Å². The van der Waals surface area contributed by atoms with Gasteiger partial charge in [-0.25, -0.2) is 0 Å². The fourth-order valence-electron chi connectivity index (χ4n) is 1.11. The van der Waals surface area contributed by atoms with E-state index in [-0.39, 0.29) is 0 Å². The number of ether oxygens (including phenoxy) is 2. The van der Waals surface area contributed by atoms with Crippen molar-refractivity contribution in [3.8, 4) is 6.07 Å². The maximum absolute atomic E-state index is 9.00. The molecule has 0 aliphatic rings. The lowest BCUT2D eigenvalue weighted by Gasteiger charge is -2.22. The van der Waals surface area contributed by atoms with E-state index in [4.69, 9.17) is 14.7 Å². The van der Waals surface area contributed by atoms with Crippen LogP contribution in [0.5, 0.6) is 0 Å². The molecule has 4 heteroatoms. The Morgan fingerprint density at radius 3 is 2.67 bits per heavy atom. The molecule has 0 aromatic rings. The molecule has 0 fully saturated rings. The van der Waals surface area contributed by atoms with E-state index in [2.05, 4.69) is 18.3 Å². The summed E-state index contributed by atoms with van der Waals surface area (Å²) in [5, 5.41) is 12.2. The molecular formula is C11H22N2O2. The Morgan fingerprint density at radius 1 is 1.40 bits per heavy atom. The van der Waals surface area contributed by atoms with Crippen LogP contribution in [0.1, 0.15) is 26.7 Å². The molecule has 88 valence electrons. The Morgan fingerprint density at radius 2 is 2.13 bits per heavy atom. The summed E-state index contributed by atoms with van der Waals surface area (Å²) in [5.41, 5.74) is -0.566. The fraction of sp³-hybridized carbons (Fsp3) is 0.909. The van der Waals surface area contributed by atoms with E-state index >= 15 is 0 Å². The van der Waals surface area contributed by atoms with Crippen LogP contribution in [-0.2, 0) is 9.47 Å². The molecule has 15 heavy (non-hydrogen) atoms. The van der Waals surface area contributed by atoms with E-state index < -0.39 is 5.54 Å². The molecule has 1 N–H and O–H groups in total. The first kappa shape index (κ1) is 14.4. The summed E-state index contributed by atoms with van der Waals surface area (Å²) in [6.07, 6.45) is 1.88. The van der Waals surface area contributed by atoms with Gasteiger partial charge in [-0.1, -0.05) is 6.92 Å². The molecule has 0 amide bonds. The molecule has 0 aliphatic carbocycles. The van der Waals surface area contributed by atoms with Crippen molar-refractivity contribution in [3.05, 3.63) is 0 Å². The number of methoxy groups -OCH3 is 1. The van der Waals surface area contributed by atoms with Gasteiger partial charge in [-0.3, -0.25) is 5.32 Å². The third-order valence-electron chi connectivity index (χ3n) is 2.04. The van der Waals surface area contributed by atoms with Crippen LogP contribution in [0.2, 0.25) is 0 Å². The smallest absolute Gasteiger partial charge is 0.127 e. The largest absolute Gasteiger partial charge is 0.385 e. The molecule has 0 aromatic carbocycles. The first-order chi connectivity index (χ1) is 7.18. The highest BCUT2D eigenvalue weighted by molar-refractivity contribution is 5.03. The first-order valence-electron chi connectivity index (χ1n) is 5.41. The number of rotatable bonds is 9. The van der Waals surface area contributed by atoms with E-state index in [1.807, 2.05) is 6.92 Å². The Kier molecular flexibility index (Phi) is 8.30. The molecule has 1 unspecified atom stereocenters. The second-order valence-corrected chi connectivity index (χ2v) is 3.77. The predicted molar refractivity (Wildman–Crippen MR) is 59.6 cm³/mol. The van der Waals surface area contributed by atoms with E-state index in [0.29, 0.717) is 19.8 Å². The van der Waals surface area contributed by atoms with Gasteiger partial charge in [0.05, 0.1) is 12.7 Å². The van der Waals surface area contributed by atoms with Crippen molar-refractivity contribution in [2.75, 3.05) is 33.5 Å². The van der Waals surface area contributed by atoms with Crippen LogP contribution in [-0.4, -0.2) is 39.0 Å². The lowest BCUT2D eigenvalue weighted by molar-refractivity contribution is 0.0759. The normalized spacial score (nSPS) is 14.5. The SMILES string of the molecule is CCCNC(C)(C#N)COCCCOC. The van der Waals surface area contributed by atoms with Crippen LogP contribution >= 0.6 is 0 Å². The van der Waals surface area contributed by atoms with Crippen molar-refractivity contribution in [1.82, 2.24) is 5.32 Å². The molecule has 0 aromatic heterocycles. The summed E-state index contributed by atoms with van der Waals surface area (Å²) in [6, 6.07) is 2.24. The monoisotopic (exact) mass is 214 g/mol. The van der Waals surface area contributed by atoms with E-state index in [1.165, 1.54) is 0 Å². The fourth-order valence-corrected chi connectivity index (χ4v) is 1.11. The average Bonchev–Trinajstić information content (AvgIpc) is 2.26. The van der Waals surface area contributed by atoms with Gasteiger partial charge in [0, 0.05) is 20.3 Å². The zero-order valence-electron chi connectivity index (χ0n) is 10.0. The highest BCUT2D eigenvalue weighted by Gasteiger charge is 2.22. The molecule has 0 rings (SSSR count). The highest BCUT2D eigenvalue weighted by Crippen LogP contribution is 2.03. The molecule has 1 atom stereocenters. The Bertz CT molecular complexity index is 192. The van der Waals surface area contributed by atoms with E-state index in [1.54, 1.807) is 7.11 Å². The van der Waals surface area contributed by atoms with Crippen molar-refractivity contribution in [3.63, 3.8) is 0 Å². The van der Waals surface area contributed by atoms with Crippen molar-refractivity contribution in [2.24, 2.45) is 0 Å². The molecule has 0 radical (unpaired) electrons. The quantitative estimate of drug-likeness (QED) is 0.588. The molecule has 0 aliphatic heterocycles. The van der Waals surface area contributed by atoms with Gasteiger partial charge < -0.3 is 9.47 Å². The third-order valence-corrected chi connectivity index (χ3v) is 2.04. The van der Waals surface area contributed by atoms with Gasteiger partial charge in [-0.05, 0) is 26.3 Å².